The van der Waals surface area contributed by atoms with Gasteiger partial charge in [0.05, 0.1) is 23.7 Å². The number of esters is 1. The molecule has 3 rings (SSSR count). The predicted molar refractivity (Wildman–Crippen MR) is 130 cm³/mol. The lowest BCUT2D eigenvalue weighted by Crippen LogP contribution is -2.38. The molecule has 0 bridgehead atoms. The lowest BCUT2D eigenvalue weighted by Gasteiger charge is -2.37. The standard InChI is InChI=1S/C25H31N3O3S/c1-7-10-31-24(30)22-18(6)27-25-28(23(22)20-11-16(4)8-9-17(20)5)19(14-32-25)12-21(29)26-13-15(2)3/h7-9,11,14-15,23H,1,10,12-13H2,2-6H3,(H,26,29)/t23-/m1/s1. The Labute approximate surface area is 194 Å². The summed E-state index contributed by atoms with van der Waals surface area (Å²) in [5.41, 5.74) is 5.09. The Bertz CT molecular complexity index is 1020. The number of amides is 1. The molecule has 0 spiro atoms. The molecule has 0 aliphatic carbocycles. The van der Waals surface area contributed by atoms with E-state index in [1.165, 1.54) is 11.8 Å². The predicted octanol–water partition coefficient (Wildman–Crippen LogP) is 4.77. The Morgan fingerprint density at radius 3 is 2.75 bits per heavy atom. The van der Waals surface area contributed by atoms with Crippen LogP contribution in [0.25, 0.3) is 0 Å². The molecule has 2 heterocycles. The van der Waals surface area contributed by atoms with Crippen molar-refractivity contribution >= 4 is 28.8 Å². The number of nitrogens with one attached hydrogen (secondary N) is 1. The zero-order valence-electron chi connectivity index (χ0n) is 19.4. The third-order valence-electron chi connectivity index (χ3n) is 5.33. The molecule has 0 fully saturated rings. The van der Waals surface area contributed by atoms with Crippen LogP contribution in [-0.2, 0) is 14.3 Å². The third-order valence-corrected chi connectivity index (χ3v) is 6.22. The average molecular weight is 454 g/mol. The quantitative estimate of drug-likeness (QED) is 0.453. The van der Waals surface area contributed by atoms with Crippen LogP contribution >= 0.6 is 11.8 Å². The molecule has 0 saturated carbocycles. The molecule has 1 atom stereocenters. The number of aliphatic imine (C=N–C) groups is 1. The highest BCUT2D eigenvalue weighted by Crippen LogP contribution is 2.45. The Balaban J connectivity index is 2.03. The minimum Gasteiger partial charge on any atom is -0.458 e. The van der Waals surface area contributed by atoms with Crippen molar-refractivity contribution < 1.29 is 14.3 Å². The molecule has 1 N–H and O–H groups in total. The van der Waals surface area contributed by atoms with Crippen LogP contribution in [-0.4, -0.2) is 35.1 Å². The van der Waals surface area contributed by atoms with Crippen LogP contribution in [0.4, 0.5) is 0 Å². The second kappa shape index (κ2) is 10.2. The van der Waals surface area contributed by atoms with Crippen molar-refractivity contribution in [3.63, 3.8) is 0 Å². The summed E-state index contributed by atoms with van der Waals surface area (Å²) in [6, 6.07) is 5.78. The number of fused-ring (bicyclic) bond motifs is 1. The van der Waals surface area contributed by atoms with E-state index in [0.717, 1.165) is 27.6 Å². The van der Waals surface area contributed by atoms with Gasteiger partial charge in [-0.2, -0.15) is 0 Å². The van der Waals surface area contributed by atoms with Crippen molar-refractivity contribution in [2.75, 3.05) is 13.2 Å². The van der Waals surface area contributed by atoms with Crippen LogP contribution in [0.5, 0.6) is 0 Å². The van der Waals surface area contributed by atoms with Crippen LogP contribution in [0.3, 0.4) is 0 Å². The monoisotopic (exact) mass is 453 g/mol. The number of thioether (sulfide) groups is 1. The topological polar surface area (TPSA) is 71.0 Å². The Kier molecular flexibility index (Phi) is 7.61. The number of hydrogen-bond acceptors (Lipinski definition) is 6. The molecule has 1 aromatic carbocycles. The van der Waals surface area contributed by atoms with Gasteiger partial charge in [-0.15, -0.1) is 0 Å². The summed E-state index contributed by atoms with van der Waals surface area (Å²) in [5, 5.41) is 5.70. The van der Waals surface area contributed by atoms with E-state index >= 15 is 0 Å². The van der Waals surface area contributed by atoms with Crippen molar-refractivity contribution in [3.8, 4) is 0 Å². The van der Waals surface area contributed by atoms with Crippen LogP contribution in [0.15, 0.2) is 58.2 Å². The highest BCUT2D eigenvalue weighted by molar-refractivity contribution is 8.16. The highest BCUT2D eigenvalue weighted by atomic mass is 32.2. The van der Waals surface area contributed by atoms with Crippen molar-refractivity contribution in [2.45, 2.75) is 47.1 Å². The molecule has 1 amide bonds. The number of benzene rings is 1. The summed E-state index contributed by atoms with van der Waals surface area (Å²) in [4.78, 5) is 32.4. The fraction of sp³-hybridized carbons (Fsp3) is 0.400. The number of carbonyl (C=O) groups excluding carboxylic acids is 2. The summed E-state index contributed by atoms with van der Waals surface area (Å²) in [7, 11) is 0. The molecule has 0 aromatic heterocycles. The first-order valence-corrected chi connectivity index (χ1v) is 11.7. The van der Waals surface area contributed by atoms with E-state index in [9.17, 15) is 9.59 Å². The number of hydrogen-bond donors (Lipinski definition) is 1. The number of amidine groups is 1. The summed E-state index contributed by atoms with van der Waals surface area (Å²) < 4.78 is 5.44. The van der Waals surface area contributed by atoms with Gasteiger partial charge in [0.25, 0.3) is 0 Å². The fourth-order valence-electron chi connectivity index (χ4n) is 3.74. The van der Waals surface area contributed by atoms with Gasteiger partial charge in [-0.05, 0) is 43.2 Å². The van der Waals surface area contributed by atoms with Gasteiger partial charge in [0.15, 0.2) is 5.17 Å². The van der Waals surface area contributed by atoms with Crippen molar-refractivity contribution in [3.05, 3.63) is 69.9 Å². The molecule has 7 heteroatoms. The first kappa shape index (κ1) is 23.9. The number of ether oxygens (including phenoxy) is 1. The first-order valence-electron chi connectivity index (χ1n) is 10.8. The maximum absolute atomic E-state index is 13.1. The minimum absolute atomic E-state index is 0.0476. The molecule has 6 nitrogen and oxygen atoms in total. The molecule has 2 aliphatic rings. The van der Waals surface area contributed by atoms with Gasteiger partial charge in [0.1, 0.15) is 6.61 Å². The smallest absolute Gasteiger partial charge is 0.338 e. The SMILES string of the molecule is C=CCOC(=O)C1=C(C)N=C2SC=C(CC(=O)NCC(C)C)N2[C@@H]1c1cc(C)ccc1C. The van der Waals surface area contributed by atoms with Gasteiger partial charge in [-0.3, -0.25) is 4.79 Å². The number of nitrogens with zero attached hydrogens (tertiary/aromatic N) is 2. The molecule has 170 valence electrons. The van der Waals surface area contributed by atoms with Crippen LogP contribution in [0.2, 0.25) is 0 Å². The molecule has 32 heavy (non-hydrogen) atoms. The number of allylic oxidation sites excluding steroid dienone is 1. The number of carbonyl (C=O) groups is 2. The van der Waals surface area contributed by atoms with E-state index < -0.39 is 12.0 Å². The summed E-state index contributed by atoms with van der Waals surface area (Å²) in [6.07, 6.45) is 1.77. The van der Waals surface area contributed by atoms with Gasteiger partial charge >= 0.3 is 5.97 Å². The van der Waals surface area contributed by atoms with Gasteiger partial charge in [0, 0.05) is 12.2 Å². The van der Waals surface area contributed by atoms with Crippen molar-refractivity contribution in [2.24, 2.45) is 10.9 Å². The summed E-state index contributed by atoms with van der Waals surface area (Å²) >= 11 is 1.48. The normalized spacial score (nSPS) is 17.7. The molecule has 0 radical (unpaired) electrons. The van der Waals surface area contributed by atoms with E-state index in [2.05, 4.69) is 48.9 Å². The fourth-order valence-corrected chi connectivity index (χ4v) is 4.70. The molecule has 2 aliphatic heterocycles. The van der Waals surface area contributed by atoms with E-state index in [1.54, 1.807) is 6.08 Å². The Morgan fingerprint density at radius 2 is 2.06 bits per heavy atom. The second-order valence-corrected chi connectivity index (χ2v) is 9.35. The van der Waals surface area contributed by atoms with Crippen LogP contribution < -0.4 is 5.32 Å². The van der Waals surface area contributed by atoms with Crippen LogP contribution in [0.1, 0.15) is 49.9 Å². The van der Waals surface area contributed by atoms with E-state index in [1.807, 2.05) is 31.1 Å². The van der Waals surface area contributed by atoms with E-state index in [-0.39, 0.29) is 18.9 Å². The zero-order valence-corrected chi connectivity index (χ0v) is 20.2. The third kappa shape index (κ3) is 5.15. The zero-order chi connectivity index (χ0) is 23.4. The Morgan fingerprint density at radius 1 is 1.31 bits per heavy atom. The molecular formula is C25H31N3O3S. The second-order valence-electron chi connectivity index (χ2n) is 8.51. The number of aryl methyl sites for hydroxylation is 2. The van der Waals surface area contributed by atoms with E-state index in [0.29, 0.717) is 23.7 Å². The largest absolute Gasteiger partial charge is 0.458 e. The summed E-state index contributed by atoms with van der Waals surface area (Å²) in [5.74, 6) is -0.0947. The van der Waals surface area contributed by atoms with Gasteiger partial charge < -0.3 is 15.0 Å². The minimum atomic E-state index is -0.420. The first-order chi connectivity index (χ1) is 15.2. The molecular weight excluding hydrogens is 422 g/mol. The average Bonchev–Trinajstić information content (AvgIpc) is 3.13. The van der Waals surface area contributed by atoms with E-state index in [4.69, 9.17) is 4.74 Å². The molecule has 0 saturated heterocycles. The van der Waals surface area contributed by atoms with Crippen molar-refractivity contribution in [1.29, 1.82) is 0 Å². The molecule has 1 aromatic rings. The number of rotatable bonds is 8. The van der Waals surface area contributed by atoms with Crippen LogP contribution in [0, 0.1) is 19.8 Å². The lowest BCUT2D eigenvalue weighted by atomic mass is 9.90. The van der Waals surface area contributed by atoms with Gasteiger partial charge in [-0.1, -0.05) is 62.0 Å². The maximum atomic E-state index is 13.1. The van der Waals surface area contributed by atoms with Crippen molar-refractivity contribution in [1.82, 2.24) is 10.2 Å². The maximum Gasteiger partial charge on any atom is 0.338 e. The van der Waals surface area contributed by atoms with Gasteiger partial charge in [0.2, 0.25) is 5.91 Å². The summed E-state index contributed by atoms with van der Waals surface area (Å²) in [6.45, 7) is 14.4. The lowest BCUT2D eigenvalue weighted by molar-refractivity contribution is -0.138. The highest BCUT2D eigenvalue weighted by Gasteiger charge is 2.41. The van der Waals surface area contributed by atoms with Gasteiger partial charge in [-0.25, -0.2) is 9.79 Å². The molecule has 0 unspecified atom stereocenters. The Hall–Kier alpha value is -2.80.